The zero-order valence-electron chi connectivity index (χ0n) is 10.3. The molecule has 6 heteroatoms. The van der Waals surface area contributed by atoms with Gasteiger partial charge in [-0.2, -0.15) is 5.10 Å². The second kappa shape index (κ2) is 4.68. The Hall–Kier alpha value is -1.43. The van der Waals surface area contributed by atoms with Crippen molar-refractivity contribution in [2.45, 2.75) is 44.1 Å². The van der Waals surface area contributed by atoms with Crippen LogP contribution in [-0.2, 0) is 11.3 Å². The van der Waals surface area contributed by atoms with Crippen LogP contribution in [0.15, 0.2) is 0 Å². The lowest BCUT2D eigenvalue weighted by Crippen LogP contribution is -2.29. The summed E-state index contributed by atoms with van der Waals surface area (Å²) in [5.74, 6) is 0.555. The molecule has 6 nitrogen and oxygen atoms in total. The Kier molecular flexibility index (Phi) is 3.03. The molecule has 2 N–H and O–H groups in total. The van der Waals surface area contributed by atoms with Crippen molar-refractivity contribution in [1.82, 2.24) is 20.1 Å². The van der Waals surface area contributed by atoms with Gasteiger partial charge in [0.2, 0.25) is 0 Å². The molecule has 0 radical (unpaired) electrons. The molecule has 2 aliphatic rings. The topological polar surface area (TPSA) is 80.0 Å². The number of carbonyl (C=O) groups is 1. The van der Waals surface area contributed by atoms with Crippen molar-refractivity contribution in [1.29, 1.82) is 0 Å². The molecule has 0 spiro atoms. The van der Waals surface area contributed by atoms with E-state index in [1.165, 1.54) is 0 Å². The first-order valence-electron chi connectivity index (χ1n) is 6.64. The summed E-state index contributed by atoms with van der Waals surface area (Å²) in [6, 6.07) is 0. The molecule has 0 bridgehead atoms. The number of piperidine rings is 1. The molecule has 2 aliphatic heterocycles. The van der Waals surface area contributed by atoms with E-state index < -0.39 is 11.9 Å². The van der Waals surface area contributed by atoms with Crippen LogP contribution >= 0.6 is 0 Å². The summed E-state index contributed by atoms with van der Waals surface area (Å²) in [6.07, 6.45) is 3.77. The maximum absolute atomic E-state index is 11.2. The fourth-order valence-electron chi connectivity index (χ4n) is 2.85. The number of carboxylic acids is 1. The first kappa shape index (κ1) is 11.6. The number of aryl methyl sites for hydroxylation is 1. The van der Waals surface area contributed by atoms with Crippen molar-refractivity contribution in [3.05, 3.63) is 11.6 Å². The molecule has 2 atom stereocenters. The lowest BCUT2D eigenvalue weighted by molar-refractivity contribution is -0.139. The largest absolute Gasteiger partial charge is 0.481 e. The molecule has 2 unspecified atom stereocenters. The van der Waals surface area contributed by atoms with E-state index in [0.717, 1.165) is 44.7 Å². The highest BCUT2D eigenvalue weighted by atomic mass is 16.4. The standard InChI is InChI=1S/C12H18N4O2/c17-12(18)9-4-2-6-16-11(9)14-10(15-16)8-3-1-5-13-7-8/h8-9,13H,1-7H2,(H,17,18). The molecule has 0 aliphatic carbocycles. The van der Waals surface area contributed by atoms with Crippen molar-refractivity contribution in [2.75, 3.05) is 13.1 Å². The number of aliphatic carboxylic acids is 1. The van der Waals surface area contributed by atoms with Gasteiger partial charge in [-0.05, 0) is 32.2 Å². The van der Waals surface area contributed by atoms with Crippen LogP contribution in [0.3, 0.4) is 0 Å². The van der Waals surface area contributed by atoms with Gasteiger partial charge in [0.1, 0.15) is 11.7 Å². The molecule has 18 heavy (non-hydrogen) atoms. The fourth-order valence-corrected chi connectivity index (χ4v) is 2.85. The summed E-state index contributed by atoms with van der Waals surface area (Å²) in [5.41, 5.74) is 0. The second-order valence-electron chi connectivity index (χ2n) is 5.13. The molecule has 0 amide bonds. The van der Waals surface area contributed by atoms with E-state index in [9.17, 15) is 9.90 Å². The van der Waals surface area contributed by atoms with Crippen LogP contribution in [0.5, 0.6) is 0 Å². The van der Waals surface area contributed by atoms with Crippen LogP contribution in [-0.4, -0.2) is 38.9 Å². The lowest BCUT2D eigenvalue weighted by atomic mass is 9.98. The fraction of sp³-hybridized carbons (Fsp3) is 0.750. The van der Waals surface area contributed by atoms with Crippen LogP contribution in [0.1, 0.15) is 49.2 Å². The van der Waals surface area contributed by atoms with Gasteiger partial charge in [0.25, 0.3) is 0 Å². The number of hydrogen-bond acceptors (Lipinski definition) is 4. The summed E-state index contributed by atoms with van der Waals surface area (Å²) in [4.78, 5) is 15.7. The Morgan fingerprint density at radius 3 is 3.00 bits per heavy atom. The predicted molar refractivity (Wildman–Crippen MR) is 64.5 cm³/mol. The van der Waals surface area contributed by atoms with Gasteiger partial charge in [-0.25, -0.2) is 9.67 Å². The van der Waals surface area contributed by atoms with E-state index in [2.05, 4.69) is 15.4 Å². The molecular weight excluding hydrogens is 232 g/mol. The molecule has 3 rings (SSSR count). The average molecular weight is 250 g/mol. The Morgan fingerprint density at radius 1 is 1.39 bits per heavy atom. The Bertz CT molecular complexity index is 451. The van der Waals surface area contributed by atoms with E-state index in [4.69, 9.17) is 0 Å². The molecule has 1 aromatic heterocycles. The minimum Gasteiger partial charge on any atom is -0.481 e. The average Bonchev–Trinajstić information content (AvgIpc) is 2.83. The Morgan fingerprint density at radius 2 is 2.28 bits per heavy atom. The zero-order chi connectivity index (χ0) is 12.5. The van der Waals surface area contributed by atoms with Crippen molar-refractivity contribution in [3.8, 4) is 0 Å². The van der Waals surface area contributed by atoms with Gasteiger partial charge in [-0.1, -0.05) is 0 Å². The molecule has 0 aromatic carbocycles. The van der Waals surface area contributed by atoms with E-state index >= 15 is 0 Å². The van der Waals surface area contributed by atoms with Crippen molar-refractivity contribution in [2.24, 2.45) is 0 Å². The minimum absolute atomic E-state index is 0.339. The van der Waals surface area contributed by atoms with E-state index in [1.807, 2.05) is 0 Å². The van der Waals surface area contributed by atoms with Gasteiger partial charge in [-0.15, -0.1) is 0 Å². The molecule has 1 saturated heterocycles. The summed E-state index contributed by atoms with van der Waals surface area (Å²) in [5, 5.41) is 17.1. The summed E-state index contributed by atoms with van der Waals surface area (Å²) in [7, 11) is 0. The zero-order valence-corrected chi connectivity index (χ0v) is 10.3. The molecule has 98 valence electrons. The SMILES string of the molecule is O=C(O)C1CCCn2nc(C3CCCNC3)nc21. The smallest absolute Gasteiger partial charge is 0.314 e. The molecule has 1 fully saturated rings. The minimum atomic E-state index is -0.781. The molecule has 1 aromatic rings. The van der Waals surface area contributed by atoms with Crippen LogP contribution in [0.25, 0.3) is 0 Å². The van der Waals surface area contributed by atoms with Gasteiger partial charge in [0, 0.05) is 19.0 Å². The number of hydrogen-bond donors (Lipinski definition) is 2. The Labute approximate surface area is 105 Å². The number of nitrogens with zero attached hydrogens (tertiary/aromatic N) is 3. The van der Waals surface area contributed by atoms with Crippen molar-refractivity contribution >= 4 is 5.97 Å². The number of fused-ring (bicyclic) bond motifs is 1. The number of aromatic nitrogens is 3. The van der Waals surface area contributed by atoms with Gasteiger partial charge in [0.05, 0.1) is 0 Å². The van der Waals surface area contributed by atoms with Crippen LogP contribution in [0, 0.1) is 0 Å². The molecule has 0 saturated carbocycles. The Balaban J connectivity index is 1.88. The maximum atomic E-state index is 11.2. The number of rotatable bonds is 2. The van der Waals surface area contributed by atoms with Crippen molar-refractivity contribution in [3.63, 3.8) is 0 Å². The van der Waals surface area contributed by atoms with Gasteiger partial charge in [-0.3, -0.25) is 4.79 Å². The highest BCUT2D eigenvalue weighted by Crippen LogP contribution is 2.28. The normalized spacial score (nSPS) is 27.8. The van der Waals surface area contributed by atoms with Crippen LogP contribution in [0.4, 0.5) is 0 Å². The third-order valence-corrected chi connectivity index (χ3v) is 3.85. The first-order valence-corrected chi connectivity index (χ1v) is 6.64. The van der Waals surface area contributed by atoms with Gasteiger partial charge < -0.3 is 10.4 Å². The highest BCUT2D eigenvalue weighted by Gasteiger charge is 2.31. The molecular formula is C12H18N4O2. The van der Waals surface area contributed by atoms with Gasteiger partial charge in [0.15, 0.2) is 5.82 Å². The van der Waals surface area contributed by atoms with E-state index in [0.29, 0.717) is 18.2 Å². The quantitative estimate of drug-likeness (QED) is 0.808. The third kappa shape index (κ3) is 2.01. The van der Waals surface area contributed by atoms with Crippen molar-refractivity contribution < 1.29 is 9.90 Å². The lowest BCUT2D eigenvalue weighted by Gasteiger charge is -2.19. The first-order chi connectivity index (χ1) is 8.75. The number of nitrogens with one attached hydrogen (secondary N) is 1. The summed E-state index contributed by atoms with van der Waals surface area (Å²) < 4.78 is 1.80. The summed E-state index contributed by atoms with van der Waals surface area (Å²) >= 11 is 0. The maximum Gasteiger partial charge on any atom is 0.314 e. The van der Waals surface area contributed by atoms with Crippen LogP contribution in [0.2, 0.25) is 0 Å². The monoisotopic (exact) mass is 250 g/mol. The van der Waals surface area contributed by atoms with Gasteiger partial charge >= 0.3 is 5.97 Å². The second-order valence-corrected chi connectivity index (χ2v) is 5.13. The van der Waals surface area contributed by atoms with E-state index in [-0.39, 0.29) is 0 Å². The van der Waals surface area contributed by atoms with Crippen LogP contribution < -0.4 is 5.32 Å². The predicted octanol–water partition coefficient (Wildman–Crippen LogP) is 0.707. The summed E-state index contributed by atoms with van der Waals surface area (Å²) in [6.45, 7) is 2.76. The number of carboxylic acid groups (broad SMARTS) is 1. The highest BCUT2D eigenvalue weighted by molar-refractivity contribution is 5.75. The third-order valence-electron chi connectivity index (χ3n) is 3.85. The molecule has 3 heterocycles. The van der Waals surface area contributed by atoms with E-state index in [1.54, 1.807) is 4.68 Å².